The minimum Gasteiger partial charge on any atom is -0.342 e. The van der Waals surface area contributed by atoms with E-state index >= 15 is 0 Å². The van der Waals surface area contributed by atoms with Crippen molar-refractivity contribution in [3.63, 3.8) is 0 Å². The lowest BCUT2D eigenvalue weighted by Gasteiger charge is -2.34. The Bertz CT molecular complexity index is 606. The van der Waals surface area contributed by atoms with Crippen molar-refractivity contribution in [2.45, 2.75) is 47.0 Å². The molecule has 1 aromatic rings. The highest BCUT2D eigenvalue weighted by Crippen LogP contribution is 2.18. The molecule has 0 saturated carbocycles. The molecule has 7 heteroatoms. The van der Waals surface area contributed by atoms with E-state index in [1.54, 1.807) is 4.90 Å². The van der Waals surface area contributed by atoms with Crippen LogP contribution in [0.2, 0.25) is 0 Å². The third-order valence-corrected chi connectivity index (χ3v) is 5.19. The molecular formula is C19H33N5O2. The quantitative estimate of drug-likeness (QED) is 0.812. The summed E-state index contributed by atoms with van der Waals surface area (Å²) >= 11 is 0. The van der Waals surface area contributed by atoms with Crippen molar-refractivity contribution in [1.29, 1.82) is 0 Å². The molecule has 0 bridgehead atoms. The van der Waals surface area contributed by atoms with Crippen molar-refractivity contribution in [3.05, 3.63) is 17.0 Å². The second-order valence-corrected chi connectivity index (χ2v) is 7.72. The number of nitrogens with zero attached hydrogens (tertiary/aromatic N) is 3. The number of rotatable bonds is 6. The van der Waals surface area contributed by atoms with Gasteiger partial charge < -0.3 is 15.1 Å². The summed E-state index contributed by atoms with van der Waals surface area (Å²) in [5.41, 5.74) is 3.24. The Kier molecular flexibility index (Phi) is 7.06. The molecule has 7 nitrogen and oxygen atoms in total. The van der Waals surface area contributed by atoms with E-state index in [2.05, 4.69) is 15.5 Å². The summed E-state index contributed by atoms with van der Waals surface area (Å²) in [7, 11) is 1.82. The van der Waals surface area contributed by atoms with Gasteiger partial charge in [-0.1, -0.05) is 13.8 Å². The molecule has 0 spiro atoms. The van der Waals surface area contributed by atoms with Gasteiger partial charge in [0.25, 0.3) is 0 Å². The molecule has 1 aromatic heterocycles. The van der Waals surface area contributed by atoms with Crippen LogP contribution in [0.15, 0.2) is 0 Å². The number of likely N-dealkylation sites (N-methyl/N-ethyl adjacent to an activating group) is 1. The van der Waals surface area contributed by atoms with Crippen LogP contribution in [-0.2, 0) is 11.2 Å². The van der Waals surface area contributed by atoms with Gasteiger partial charge in [-0.25, -0.2) is 4.79 Å². The molecule has 0 unspecified atom stereocenters. The minimum atomic E-state index is -0.0592. The van der Waals surface area contributed by atoms with Gasteiger partial charge in [-0.05, 0) is 44.6 Å². The zero-order chi connectivity index (χ0) is 19.3. The van der Waals surface area contributed by atoms with Gasteiger partial charge in [0.15, 0.2) is 0 Å². The van der Waals surface area contributed by atoms with E-state index in [-0.39, 0.29) is 17.9 Å². The van der Waals surface area contributed by atoms with Gasteiger partial charge in [0.1, 0.15) is 0 Å². The highest BCUT2D eigenvalue weighted by molar-refractivity contribution is 5.78. The number of aryl methyl sites for hydroxylation is 2. The molecule has 146 valence electrons. The van der Waals surface area contributed by atoms with Gasteiger partial charge in [0.2, 0.25) is 5.91 Å². The number of piperidine rings is 1. The predicted molar refractivity (Wildman–Crippen MR) is 102 cm³/mol. The number of likely N-dealkylation sites (tertiary alicyclic amines) is 1. The number of amides is 3. The number of H-pyrrole nitrogens is 1. The second-order valence-electron chi connectivity index (χ2n) is 7.72. The molecule has 0 aromatic carbocycles. The van der Waals surface area contributed by atoms with E-state index in [4.69, 9.17) is 0 Å². The Morgan fingerprint density at radius 3 is 2.73 bits per heavy atom. The van der Waals surface area contributed by atoms with Crippen molar-refractivity contribution >= 4 is 11.9 Å². The molecular weight excluding hydrogens is 330 g/mol. The van der Waals surface area contributed by atoms with Gasteiger partial charge in [-0.2, -0.15) is 5.10 Å². The first-order valence-corrected chi connectivity index (χ1v) is 9.57. The third-order valence-electron chi connectivity index (χ3n) is 5.19. The van der Waals surface area contributed by atoms with Crippen LogP contribution in [0.5, 0.6) is 0 Å². The monoisotopic (exact) mass is 363 g/mol. The molecule has 1 atom stereocenters. The van der Waals surface area contributed by atoms with E-state index in [0.717, 1.165) is 43.7 Å². The maximum atomic E-state index is 12.3. The highest BCUT2D eigenvalue weighted by atomic mass is 16.2. The van der Waals surface area contributed by atoms with Crippen LogP contribution in [-0.4, -0.2) is 65.2 Å². The largest absolute Gasteiger partial charge is 0.342 e. The number of aromatic amines is 1. The van der Waals surface area contributed by atoms with Crippen LogP contribution in [0.4, 0.5) is 4.79 Å². The van der Waals surface area contributed by atoms with Crippen LogP contribution >= 0.6 is 0 Å². The van der Waals surface area contributed by atoms with Crippen LogP contribution < -0.4 is 5.32 Å². The maximum Gasteiger partial charge on any atom is 0.317 e. The normalized spacial score (nSPS) is 17.5. The Balaban J connectivity index is 1.76. The van der Waals surface area contributed by atoms with Crippen molar-refractivity contribution in [2.75, 3.05) is 33.2 Å². The number of carbonyl (C=O) groups excluding carboxylic acids is 2. The lowest BCUT2D eigenvalue weighted by Crippen LogP contribution is -2.47. The molecule has 3 amide bonds. The Labute approximate surface area is 156 Å². The first-order valence-electron chi connectivity index (χ1n) is 9.57. The second kappa shape index (κ2) is 9.05. The molecule has 1 aliphatic heterocycles. The number of urea groups is 1. The van der Waals surface area contributed by atoms with Crippen LogP contribution in [0, 0.1) is 25.7 Å². The summed E-state index contributed by atoms with van der Waals surface area (Å²) in [6.07, 6.45) is 2.85. The van der Waals surface area contributed by atoms with Crippen LogP contribution in [0.25, 0.3) is 0 Å². The van der Waals surface area contributed by atoms with Gasteiger partial charge in [0, 0.05) is 44.8 Å². The average Bonchev–Trinajstić information content (AvgIpc) is 2.95. The van der Waals surface area contributed by atoms with E-state index in [9.17, 15) is 9.59 Å². The standard InChI is InChI=1S/C19H33N5O2/c1-13(2)18(25)24-9-6-7-16(12-24)11-20-19(26)23(5)10-8-17-14(3)21-22-15(17)4/h13,16H,6-12H2,1-5H3,(H,20,26)(H,21,22)/t16-/m1/s1. The number of carbonyl (C=O) groups is 2. The summed E-state index contributed by atoms with van der Waals surface area (Å²) < 4.78 is 0. The SMILES string of the molecule is Cc1n[nH]c(C)c1CCN(C)C(=O)NC[C@H]1CCCN(C(=O)C(C)C)C1. The smallest absolute Gasteiger partial charge is 0.317 e. The van der Waals surface area contributed by atoms with Gasteiger partial charge in [0.05, 0.1) is 5.69 Å². The first-order chi connectivity index (χ1) is 12.3. The summed E-state index contributed by atoms with van der Waals surface area (Å²) in [6.45, 7) is 10.7. The fourth-order valence-corrected chi connectivity index (χ4v) is 3.49. The van der Waals surface area contributed by atoms with E-state index in [0.29, 0.717) is 19.0 Å². The topological polar surface area (TPSA) is 81.3 Å². The molecule has 2 heterocycles. The average molecular weight is 364 g/mol. The highest BCUT2D eigenvalue weighted by Gasteiger charge is 2.25. The maximum absolute atomic E-state index is 12.3. The zero-order valence-corrected chi connectivity index (χ0v) is 16.8. The van der Waals surface area contributed by atoms with Gasteiger partial charge in [-0.3, -0.25) is 9.89 Å². The number of hydrogen-bond donors (Lipinski definition) is 2. The predicted octanol–water partition coefficient (Wildman–Crippen LogP) is 2.11. The zero-order valence-electron chi connectivity index (χ0n) is 16.8. The van der Waals surface area contributed by atoms with Gasteiger partial charge >= 0.3 is 6.03 Å². The van der Waals surface area contributed by atoms with E-state index in [1.807, 2.05) is 39.6 Å². The lowest BCUT2D eigenvalue weighted by molar-refractivity contribution is -0.136. The van der Waals surface area contributed by atoms with Crippen molar-refractivity contribution < 1.29 is 9.59 Å². The fraction of sp³-hybridized carbons (Fsp3) is 0.737. The third kappa shape index (κ3) is 5.22. The van der Waals surface area contributed by atoms with Crippen LogP contribution in [0.3, 0.4) is 0 Å². The van der Waals surface area contributed by atoms with E-state index in [1.165, 1.54) is 5.56 Å². The number of aromatic nitrogens is 2. The molecule has 2 rings (SSSR count). The lowest BCUT2D eigenvalue weighted by atomic mass is 9.97. The Hall–Kier alpha value is -2.05. The Morgan fingerprint density at radius 2 is 2.12 bits per heavy atom. The van der Waals surface area contributed by atoms with Crippen molar-refractivity contribution in [3.8, 4) is 0 Å². The molecule has 1 aliphatic rings. The Morgan fingerprint density at radius 1 is 1.38 bits per heavy atom. The molecule has 2 N–H and O–H groups in total. The summed E-state index contributed by atoms with van der Waals surface area (Å²) in [6, 6.07) is -0.0592. The summed E-state index contributed by atoms with van der Waals surface area (Å²) in [5.74, 6) is 0.579. The number of hydrogen-bond acceptors (Lipinski definition) is 3. The van der Waals surface area contributed by atoms with E-state index < -0.39 is 0 Å². The van der Waals surface area contributed by atoms with Crippen LogP contribution in [0.1, 0.15) is 43.6 Å². The molecule has 26 heavy (non-hydrogen) atoms. The number of nitrogens with one attached hydrogen (secondary N) is 2. The first kappa shape index (κ1) is 20.3. The molecule has 0 radical (unpaired) electrons. The molecule has 0 aliphatic carbocycles. The minimum absolute atomic E-state index is 0.0318. The molecule has 1 saturated heterocycles. The fourth-order valence-electron chi connectivity index (χ4n) is 3.49. The van der Waals surface area contributed by atoms with Crippen molar-refractivity contribution in [2.24, 2.45) is 11.8 Å². The summed E-state index contributed by atoms with van der Waals surface area (Å²) in [5, 5.41) is 10.2. The van der Waals surface area contributed by atoms with Gasteiger partial charge in [-0.15, -0.1) is 0 Å². The molecule has 1 fully saturated rings. The van der Waals surface area contributed by atoms with Crippen molar-refractivity contribution in [1.82, 2.24) is 25.3 Å². The summed E-state index contributed by atoms with van der Waals surface area (Å²) in [4.78, 5) is 28.2.